The molecular weight excluding hydrogens is 472 g/mol. The average Bonchev–Trinajstić information content (AvgIpc) is 2.27. The predicted molar refractivity (Wildman–Crippen MR) is 86.2 cm³/mol. The minimum absolute atomic E-state index is 0. The quantitative estimate of drug-likeness (QED) is 0.406. The van der Waals surface area contributed by atoms with Crippen LogP contribution in [0.25, 0.3) is 0 Å². The van der Waals surface area contributed by atoms with E-state index >= 15 is 0 Å². The van der Waals surface area contributed by atoms with Crippen LogP contribution in [0.4, 0.5) is 0 Å². The fourth-order valence-corrected chi connectivity index (χ4v) is 19.3. The summed E-state index contributed by atoms with van der Waals surface area (Å²) in [5.41, 5.74) is 4.94. The Kier molecular flexibility index (Phi) is 11.3. The van der Waals surface area contributed by atoms with E-state index in [-0.39, 0.29) is 41.3 Å². The van der Waals surface area contributed by atoms with Crippen molar-refractivity contribution in [2.45, 2.75) is 63.4 Å². The summed E-state index contributed by atoms with van der Waals surface area (Å²) in [6.45, 7) is 16.2. The molecule has 0 fully saturated rings. The molecule has 0 saturated heterocycles. The molecule has 0 heterocycles. The van der Waals surface area contributed by atoms with Gasteiger partial charge in [-0.3, -0.25) is 0 Å². The Hall–Kier alpha value is 1.11. The van der Waals surface area contributed by atoms with Crippen LogP contribution in [-0.2, 0) is 20.3 Å². The molecular formula is C15H33Cl2HfNSi. The zero-order valence-electron chi connectivity index (χ0n) is 13.8. The summed E-state index contributed by atoms with van der Waals surface area (Å²) in [5, 5.41) is 0. The summed E-state index contributed by atoms with van der Waals surface area (Å²) in [6, 6.07) is 0. The number of allylic oxidation sites excluding steroid dienone is 4. The molecule has 0 aliphatic heterocycles. The molecule has 0 amide bonds. The van der Waals surface area contributed by atoms with Gasteiger partial charge in [0, 0.05) is 0 Å². The van der Waals surface area contributed by atoms with Crippen molar-refractivity contribution in [1.82, 2.24) is 3.30 Å². The maximum Gasteiger partial charge on any atom is -0.0149 e. The Balaban J connectivity index is -0.000000963. The van der Waals surface area contributed by atoms with Gasteiger partial charge in [0.25, 0.3) is 0 Å². The zero-order valence-corrected chi connectivity index (χ0v) is 18.9. The smallest absolute Gasteiger partial charge is 0.0149 e. The third-order valence-electron chi connectivity index (χ3n) is 4.00. The normalized spacial score (nSPS) is 18.6. The van der Waals surface area contributed by atoms with Crippen LogP contribution < -0.4 is 28.1 Å². The van der Waals surface area contributed by atoms with Gasteiger partial charge in [-0.25, -0.2) is 0 Å². The molecule has 0 aromatic rings. The van der Waals surface area contributed by atoms with E-state index in [1.165, 1.54) is 5.57 Å². The Morgan fingerprint density at radius 1 is 0.950 bits per heavy atom. The summed E-state index contributed by atoms with van der Waals surface area (Å²) in [6.07, 6.45) is 0. The van der Waals surface area contributed by atoms with Crippen LogP contribution in [0.5, 0.6) is 0 Å². The molecule has 1 atom stereocenters. The molecule has 1 N–H and O–H groups in total. The summed E-state index contributed by atoms with van der Waals surface area (Å²) in [4.78, 5) is 0. The fourth-order valence-electron chi connectivity index (χ4n) is 3.38. The Morgan fingerprint density at radius 2 is 1.35 bits per heavy atom. The van der Waals surface area contributed by atoms with E-state index in [1.54, 1.807) is 14.5 Å². The van der Waals surface area contributed by atoms with Crippen molar-refractivity contribution in [1.29, 1.82) is 0 Å². The van der Waals surface area contributed by atoms with Crippen molar-refractivity contribution in [3.8, 4) is 0 Å². The van der Waals surface area contributed by atoms with Crippen LogP contribution in [0.2, 0.25) is 9.36 Å². The van der Waals surface area contributed by atoms with Gasteiger partial charge in [-0.2, -0.15) is 0 Å². The van der Waals surface area contributed by atoms with Gasteiger partial charge in [-0.1, -0.05) is 0 Å². The van der Waals surface area contributed by atoms with Gasteiger partial charge >= 0.3 is 113 Å². The van der Waals surface area contributed by atoms with E-state index in [1.807, 2.05) is 0 Å². The molecule has 5 heteroatoms. The van der Waals surface area contributed by atoms with E-state index in [4.69, 9.17) is 0 Å². The second kappa shape index (κ2) is 8.66. The van der Waals surface area contributed by atoms with Crippen LogP contribution in [0, 0.1) is 5.92 Å². The van der Waals surface area contributed by atoms with E-state index in [0.29, 0.717) is 5.92 Å². The number of rotatable bonds is 2. The zero-order chi connectivity index (χ0) is 13.6. The summed E-state index contributed by atoms with van der Waals surface area (Å²) >= 11 is -2.48. The second-order valence-corrected chi connectivity index (χ2v) is 21.6. The monoisotopic (exact) mass is 505 g/mol. The molecule has 0 aromatic carbocycles. The van der Waals surface area contributed by atoms with Gasteiger partial charge in [0.2, 0.25) is 0 Å². The molecule has 0 bridgehead atoms. The molecule has 0 aromatic heterocycles. The number of halogens is 2. The topological polar surface area (TPSA) is 12.0 Å². The first-order valence-electron chi connectivity index (χ1n) is 6.65. The minimum atomic E-state index is -2.48. The predicted octanol–water partition coefficient (Wildman–Crippen LogP) is -2.64. The first kappa shape index (κ1) is 26.0. The molecule has 0 radical (unpaired) electrons. The molecule has 20 heavy (non-hydrogen) atoms. The maximum absolute atomic E-state index is 3.98. The Bertz CT molecular complexity index is 395. The molecule has 1 rings (SSSR count). The third kappa shape index (κ3) is 5.72. The van der Waals surface area contributed by atoms with Crippen molar-refractivity contribution < 1.29 is 45.1 Å². The fraction of sp³-hybridized carbons (Fsp3) is 0.733. The standard InChI is InChI=1S/C9H13.C4H10N.2CH3.2ClH.Hf.H4Si/c1-6-5-7(2)9(4)8(6)3;1-4(2,3)5;;;;;;/h6H,1-4H3;5H,1-3H3;2*1H3;2*1H;;1H4/q;-1;;;;;+3;/p-2. The SMILES string of the molecule is CC1=C(C)C(C)[C]([Hf+2]([CH3])([CH3])[NH]C(C)(C)C)=C1C.[Cl-].[Cl-].[SiH4]. The van der Waals surface area contributed by atoms with Gasteiger partial charge < -0.3 is 24.8 Å². The van der Waals surface area contributed by atoms with Gasteiger partial charge in [0.1, 0.15) is 0 Å². The van der Waals surface area contributed by atoms with E-state index in [2.05, 4.69) is 61.1 Å². The van der Waals surface area contributed by atoms with E-state index in [0.717, 1.165) is 0 Å². The second-order valence-electron chi connectivity index (χ2n) is 7.07. The largest absolute Gasteiger partial charge is 1.00 e. The van der Waals surface area contributed by atoms with Crippen LogP contribution in [-0.4, -0.2) is 16.5 Å². The number of hydrogen-bond acceptors (Lipinski definition) is 1. The van der Waals surface area contributed by atoms with Crippen LogP contribution >= 0.6 is 0 Å². The van der Waals surface area contributed by atoms with Gasteiger partial charge in [0.15, 0.2) is 0 Å². The molecule has 0 spiro atoms. The maximum atomic E-state index is 3.98. The van der Waals surface area contributed by atoms with Gasteiger partial charge in [-0.05, 0) is 11.0 Å². The third-order valence-corrected chi connectivity index (χ3v) is 16.7. The average molecular weight is 505 g/mol. The Labute approximate surface area is 148 Å². The van der Waals surface area contributed by atoms with Gasteiger partial charge in [-0.15, -0.1) is 0 Å². The number of nitrogens with one attached hydrogen (secondary N) is 1. The van der Waals surface area contributed by atoms with Crippen molar-refractivity contribution in [2.75, 3.05) is 0 Å². The Morgan fingerprint density at radius 3 is 1.60 bits per heavy atom. The summed E-state index contributed by atoms with van der Waals surface area (Å²) in [5.74, 6) is 0.668. The van der Waals surface area contributed by atoms with Crippen molar-refractivity contribution in [3.63, 3.8) is 0 Å². The molecule has 0 saturated carbocycles. The van der Waals surface area contributed by atoms with Crippen LogP contribution in [0.1, 0.15) is 48.5 Å². The molecule has 120 valence electrons. The van der Waals surface area contributed by atoms with Crippen molar-refractivity contribution >= 4 is 11.0 Å². The summed E-state index contributed by atoms with van der Waals surface area (Å²) < 4.78 is 10.8. The molecule has 1 nitrogen and oxygen atoms in total. The van der Waals surface area contributed by atoms with E-state index < -0.39 is 20.3 Å². The van der Waals surface area contributed by atoms with Crippen LogP contribution in [0.3, 0.4) is 0 Å². The molecule has 1 aliphatic rings. The minimum Gasteiger partial charge on any atom is -1.00 e. The summed E-state index contributed by atoms with van der Waals surface area (Å²) in [7, 11) is 0. The number of hydrogen-bond donors (Lipinski definition) is 1. The van der Waals surface area contributed by atoms with Gasteiger partial charge in [0.05, 0.1) is 0 Å². The molecule has 1 unspecified atom stereocenters. The van der Waals surface area contributed by atoms with E-state index in [9.17, 15) is 0 Å². The van der Waals surface area contributed by atoms with Crippen molar-refractivity contribution in [2.24, 2.45) is 5.92 Å². The van der Waals surface area contributed by atoms with Crippen molar-refractivity contribution in [3.05, 3.63) is 20.0 Å². The first-order chi connectivity index (χ1) is 7.47. The first-order valence-corrected chi connectivity index (χ1v) is 17.4. The molecule has 1 aliphatic carbocycles. The van der Waals surface area contributed by atoms with Crippen LogP contribution in [0.15, 0.2) is 20.0 Å².